The summed E-state index contributed by atoms with van der Waals surface area (Å²) in [5.74, 6) is -1.65. The van der Waals surface area contributed by atoms with Gasteiger partial charge in [-0.05, 0) is 30.3 Å². The van der Waals surface area contributed by atoms with Crippen LogP contribution in [0.15, 0.2) is 35.2 Å². The number of carbonyl (C=O) groups excluding carboxylic acids is 2. The van der Waals surface area contributed by atoms with Crippen LogP contribution in [-0.2, 0) is 19.6 Å². The molecule has 8 nitrogen and oxygen atoms in total. The van der Waals surface area contributed by atoms with Crippen LogP contribution < -0.4 is 15.2 Å². The van der Waals surface area contributed by atoms with Crippen molar-refractivity contribution in [3.05, 3.63) is 51.0 Å². The van der Waals surface area contributed by atoms with E-state index in [9.17, 15) is 18.0 Å². The average Bonchev–Trinajstić information content (AvgIpc) is 2.62. The van der Waals surface area contributed by atoms with Crippen LogP contribution in [0.1, 0.15) is 10.4 Å². The lowest BCUT2D eigenvalue weighted by Crippen LogP contribution is -2.21. The Morgan fingerprint density at radius 1 is 1.07 bits per heavy atom. The highest BCUT2D eigenvalue weighted by molar-refractivity contribution is 7.89. The smallest absolute Gasteiger partial charge is 0.342 e. The molecular weight excluding hydrogens is 455 g/mol. The molecule has 12 heteroatoms. The topological polar surface area (TPSA) is 125 Å². The van der Waals surface area contributed by atoms with Crippen molar-refractivity contribution in [2.75, 3.05) is 19.0 Å². The summed E-state index contributed by atoms with van der Waals surface area (Å²) < 4.78 is 32.8. The third kappa shape index (κ3) is 5.49. The van der Waals surface area contributed by atoms with Crippen LogP contribution >= 0.6 is 34.8 Å². The van der Waals surface area contributed by atoms with Crippen LogP contribution in [0.4, 0.5) is 5.69 Å². The number of esters is 1. The Labute approximate surface area is 175 Å². The zero-order chi connectivity index (χ0) is 21.1. The number of anilines is 1. The number of methoxy groups -OCH3 is 1. The molecular formula is C16H13Cl3N2O6S. The van der Waals surface area contributed by atoms with Gasteiger partial charge in [-0.1, -0.05) is 34.8 Å². The minimum atomic E-state index is -4.05. The van der Waals surface area contributed by atoms with Crippen LogP contribution in [0, 0.1) is 0 Å². The van der Waals surface area contributed by atoms with Gasteiger partial charge in [0.05, 0.1) is 32.8 Å². The molecule has 0 aliphatic heterocycles. The molecule has 0 aliphatic rings. The third-order valence-electron chi connectivity index (χ3n) is 3.34. The van der Waals surface area contributed by atoms with Gasteiger partial charge >= 0.3 is 5.97 Å². The van der Waals surface area contributed by atoms with Gasteiger partial charge in [0.1, 0.15) is 11.3 Å². The van der Waals surface area contributed by atoms with E-state index in [2.05, 4.69) is 5.32 Å². The molecule has 0 spiro atoms. The van der Waals surface area contributed by atoms with E-state index in [0.29, 0.717) is 0 Å². The molecule has 0 aromatic heterocycles. The highest BCUT2D eigenvalue weighted by atomic mass is 35.5. The normalized spacial score (nSPS) is 11.0. The summed E-state index contributed by atoms with van der Waals surface area (Å²) in [5, 5.41) is 7.97. The van der Waals surface area contributed by atoms with Gasteiger partial charge in [-0.3, -0.25) is 4.79 Å². The number of hydrogen-bond acceptors (Lipinski definition) is 6. The van der Waals surface area contributed by atoms with Crippen molar-refractivity contribution in [2.24, 2.45) is 5.14 Å². The molecule has 0 bridgehead atoms. The minimum absolute atomic E-state index is 0.0466. The summed E-state index contributed by atoms with van der Waals surface area (Å²) in [4.78, 5) is 23.9. The first-order valence-electron chi connectivity index (χ1n) is 7.35. The second-order valence-corrected chi connectivity index (χ2v) is 8.06. The molecule has 28 heavy (non-hydrogen) atoms. The summed E-state index contributed by atoms with van der Waals surface area (Å²) in [6, 6.07) is 6.08. The number of nitrogens with two attached hydrogens (primary N) is 1. The fourth-order valence-electron chi connectivity index (χ4n) is 2.04. The lowest BCUT2D eigenvalue weighted by molar-refractivity contribution is -0.119. The molecule has 0 aliphatic carbocycles. The first-order valence-corrected chi connectivity index (χ1v) is 10.0. The molecule has 0 saturated carbocycles. The second kappa shape index (κ2) is 8.97. The average molecular weight is 468 g/mol. The lowest BCUT2D eigenvalue weighted by Gasteiger charge is -2.11. The molecule has 2 aromatic rings. The maximum Gasteiger partial charge on any atom is 0.342 e. The Morgan fingerprint density at radius 2 is 1.71 bits per heavy atom. The summed E-state index contributed by atoms with van der Waals surface area (Å²) >= 11 is 17.6. The number of benzene rings is 2. The molecule has 0 unspecified atom stereocenters. The highest BCUT2D eigenvalue weighted by Gasteiger charge is 2.20. The Kier molecular flexibility index (Phi) is 7.13. The molecule has 150 valence electrons. The van der Waals surface area contributed by atoms with E-state index in [1.807, 2.05) is 0 Å². The number of carbonyl (C=O) groups is 2. The second-order valence-electron chi connectivity index (χ2n) is 5.28. The van der Waals surface area contributed by atoms with Gasteiger partial charge in [0, 0.05) is 0 Å². The molecule has 2 rings (SSSR count). The number of primary sulfonamides is 1. The molecule has 3 N–H and O–H groups in total. The Bertz CT molecular complexity index is 1040. The number of sulfonamides is 1. The van der Waals surface area contributed by atoms with Crippen molar-refractivity contribution in [3.63, 3.8) is 0 Å². The van der Waals surface area contributed by atoms with Crippen LogP contribution in [0.2, 0.25) is 15.1 Å². The third-order valence-corrected chi connectivity index (χ3v) is 5.28. The Hall–Kier alpha value is -2.04. The first-order chi connectivity index (χ1) is 13.0. The van der Waals surface area contributed by atoms with Crippen molar-refractivity contribution in [1.29, 1.82) is 0 Å². The van der Waals surface area contributed by atoms with E-state index in [1.165, 1.54) is 31.4 Å². The van der Waals surface area contributed by atoms with Crippen LogP contribution in [0.25, 0.3) is 0 Å². The number of hydrogen-bond donors (Lipinski definition) is 2. The molecule has 0 saturated heterocycles. The fourth-order valence-corrected chi connectivity index (χ4v) is 3.17. The molecule has 0 fully saturated rings. The predicted molar refractivity (Wildman–Crippen MR) is 105 cm³/mol. The highest BCUT2D eigenvalue weighted by Crippen LogP contribution is 2.32. The van der Waals surface area contributed by atoms with Crippen molar-refractivity contribution in [2.45, 2.75) is 4.90 Å². The van der Waals surface area contributed by atoms with Crippen LogP contribution in [0.5, 0.6) is 5.75 Å². The zero-order valence-electron chi connectivity index (χ0n) is 14.2. The van der Waals surface area contributed by atoms with E-state index >= 15 is 0 Å². The lowest BCUT2D eigenvalue weighted by atomic mass is 10.2. The summed E-state index contributed by atoms with van der Waals surface area (Å²) in [6.45, 7) is -0.682. The predicted octanol–water partition coefficient (Wildman–Crippen LogP) is 3.10. The number of nitrogens with one attached hydrogen (secondary N) is 1. The largest absolute Gasteiger partial charge is 0.496 e. The van der Waals surface area contributed by atoms with E-state index in [-0.39, 0.29) is 37.0 Å². The fraction of sp³-hybridized carbons (Fsp3) is 0.125. The molecule has 1 amide bonds. The van der Waals surface area contributed by atoms with Crippen LogP contribution in [-0.4, -0.2) is 34.0 Å². The van der Waals surface area contributed by atoms with Gasteiger partial charge in [0.15, 0.2) is 6.61 Å². The van der Waals surface area contributed by atoms with E-state index in [1.54, 1.807) is 0 Å². The molecule has 0 radical (unpaired) electrons. The maximum absolute atomic E-state index is 12.2. The summed E-state index contributed by atoms with van der Waals surface area (Å²) in [7, 11) is -2.77. The van der Waals surface area contributed by atoms with Gasteiger partial charge in [0.2, 0.25) is 10.0 Å². The van der Waals surface area contributed by atoms with E-state index in [0.717, 1.165) is 6.07 Å². The van der Waals surface area contributed by atoms with Gasteiger partial charge in [-0.2, -0.15) is 0 Å². The number of halogens is 3. The molecule has 0 heterocycles. The SMILES string of the molecule is COc1ccc(S(N)(=O)=O)cc1C(=O)OCC(=O)Nc1cc(Cl)c(Cl)cc1Cl. The van der Waals surface area contributed by atoms with Gasteiger partial charge < -0.3 is 14.8 Å². The zero-order valence-corrected chi connectivity index (χ0v) is 17.2. The van der Waals surface area contributed by atoms with Crippen molar-refractivity contribution in [3.8, 4) is 5.75 Å². The molecule has 2 aromatic carbocycles. The summed E-state index contributed by atoms with van der Waals surface area (Å²) in [5.41, 5.74) is -0.0414. The van der Waals surface area contributed by atoms with Crippen molar-refractivity contribution < 1.29 is 27.5 Å². The standard InChI is InChI=1S/C16H13Cl3N2O6S/c1-26-14-3-2-8(28(20,24)25)4-9(14)16(23)27-7-15(22)21-13-6-11(18)10(17)5-12(13)19/h2-6H,7H2,1H3,(H,21,22)(H2,20,24,25). The minimum Gasteiger partial charge on any atom is -0.496 e. The number of ether oxygens (including phenoxy) is 2. The molecule has 0 atom stereocenters. The van der Waals surface area contributed by atoms with Gasteiger partial charge in [-0.15, -0.1) is 0 Å². The quantitative estimate of drug-likeness (QED) is 0.497. The summed E-state index contributed by atoms with van der Waals surface area (Å²) in [6.07, 6.45) is 0. The van der Waals surface area contributed by atoms with E-state index in [4.69, 9.17) is 49.4 Å². The van der Waals surface area contributed by atoms with Crippen molar-refractivity contribution in [1.82, 2.24) is 0 Å². The van der Waals surface area contributed by atoms with E-state index < -0.39 is 28.5 Å². The monoisotopic (exact) mass is 466 g/mol. The van der Waals surface area contributed by atoms with Crippen molar-refractivity contribution >= 4 is 62.4 Å². The maximum atomic E-state index is 12.2. The van der Waals surface area contributed by atoms with Crippen LogP contribution in [0.3, 0.4) is 0 Å². The van der Waals surface area contributed by atoms with Gasteiger partial charge in [-0.25, -0.2) is 18.4 Å². The number of amides is 1. The van der Waals surface area contributed by atoms with Gasteiger partial charge in [0.25, 0.3) is 5.91 Å². The first kappa shape index (κ1) is 22.3. The Morgan fingerprint density at radius 3 is 2.32 bits per heavy atom. The Balaban J connectivity index is 2.11. The number of rotatable bonds is 6.